The number of nitrogens with zero attached hydrogens (tertiary/aromatic N) is 3. The van der Waals surface area contributed by atoms with E-state index in [1.807, 2.05) is 16.9 Å². The highest BCUT2D eigenvalue weighted by Crippen LogP contribution is 2.05. The first-order valence-corrected chi connectivity index (χ1v) is 8.74. The number of hydrogen-bond acceptors (Lipinski definition) is 2. The van der Waals surface area contributed by atoms with E-state index in [4.69, 9.17) is 0 Å². The highest BCUT2D eigenvalue weighted by molar-refractivity contribution is 5.79. The molecule has 1 aromatic heterocycles. The molecule has 1 heterocycles. The number of benzene rings is 1. The van der Waals surface area contributed by atoms with Gasteiger partial charge in [-0.1, -0.05) is 44.2 Å². The van der Waals surface area contributed by atoms with Crippen molar-refractivity contribution in [2.45, 2.75) is 40.3 Å². The van der Waals surface area contributed by atoms with E-state index in [0.29, 0.717) is 12.5 Å². The van der Waals surface area contributed by atoms with Gasteiger partial charge in [-0.3, -0.25) is 4.68 Å². The van der Waals surface area contributed by atoms with E-state index in [1.54, 1.807) is 0 Å². The monoisotopic (exact) mass is 327 g/mol. The van der Waals surface area contributed by atoms with Crippen LogP contribution in [0.4, 0.5) is 0 Å². The molecule has 0 unspecified atom stereocenters. The van der Waals surface area contributed by atoms with Gasteiger partial charge in [0.05, 0.1) is 19.3 Å². The molecule has 0 saturated carbocycles. The summed E-state index contributed by atoms with van der Waals surface area (Å²) in [5, 5.41) is 11.1. The lowest BCUT2D eigenvalue weighted by Crippen LogP contribution is -2.38. The maximum absolute atomic E-state index is 4.64. The zero-order chi connectivity index (χ0) is 17.2. The van der Waals surface area contributed by atoms with Gasteiger partial charge in [0.1, 0.15) is 0 Å². The van der Waals surface area contributed by atoms with Crippen molar-refractivity contribution >= 4 is 5.96 Å². The zero-order valence-electron chi connectivity index (χ0n) is 15.0. The number of hydrogen-bond donors (Lipinski definition) is 2. The normalized spacial score (nSPS) is 11.8. The second-order valence-corrected chi connectivity index (χ2v) is 6.34. The van der Waals surface area contributed by atoms with Crippen LogP contribution in [0, 0.1) is 5.92 Å². The molecule has 0 amide bonds. The van der Waals surface area contributed by atoms with Crippen molar-refractivity contribution in [1.82, 2.24) is 20.4 Å². The van der Waals surface area contributed by atoms with Gasteiger partial charge >= 0.3 is 0 Å². The van der Waals surface area contributed by atoms with Crippen molar-refractivity contribution in [3.8, 4) is 0 Å². The average molecular weight is 327 g/mol. The molecule has 0 spiro atoms. The molecule has 5 nitrogen and oxygen atoms in total. The summed E-state index contributed by atoms with van der Waals surface area (Å²) in [5.74, 6) is 1.56. The fourth-order valence-corrected chi connectivity index (χ4v) is 2.34. The average Bonchev–Trinajstić information content (AvgIpc) is 3.00. The van der Waals surface area contributed by atoms with Gasteiger partial charge in [0.25, 0.3) is 0 Å². The van der Waals surface area contributed by atoms with Crippen LogP contribution in [-0.2, 0) is 13.1 Å². The standard InChI is InChI=1S/C19H29N5/c1-4-20-19(21-11-10-16(2)3)22-12-18-13-23-24(15-18)14-17-8-6-5-7-9-17/h5-9,13,15-16H,4,10-12,14H2,1-3H3,(H2,20,21,22). The van der Waals surface area contributed by atoms with Crippen LogP contribution in [0.15, 0.2) is 47.7 Å². The molecule has 0 bridgehead atoms. The highest BCUT2D eigenvalue weighted by Gasteiger charge is 2.02. The number of aliphatic imine (C=N–C) groups is 1. The van der Waals surface area contributed by atoms with Crippen molar-refractivity contribution < 1.29 is 0 Å². The van der Waals surface area contributed by atoms with Gasteiger partial charge in [0.15, 0.2) is 5.96 Å². The molecule has 0 aliphatic rings. The Morgan fingerprint density at radius 2 is 1.96 bits per heavy atom. The molecular formula is C19H29N5. The van der Waals surface area contributed by atoms with E-state index in [1.165, 1.54) is 5.56 Å². The van der Waals surface area contributed by atoms with E-state index in [-0.39, 0.29) is 0 Å². The Kier molecular flexibility index (Phi) is 7.33. The van der Waals surface area contributed by atoms with Gasteiger partial charge in [-0.15, -0.1) is 0 Å². The number of aromatic nitrogens is 2. The first-order valence-electron chi connectivity index (χ1n) is 8.74. The van der Waals surface area contributed by atoms with E-state index in [2.05, 4.69) is 72.0 Å². The predicted octanol–water partition coefficient (Wildman–Crippen LogP) is 3.03. The second kappa shape index (κ2) is 9.75. The third-order valence-electron chi connectivity index (χ3n) is 3.65. The molecule has 0 aliphatic carbocycles. The maximum atomic E-state index is 4.64. The fraction of sp³-hybridized carbons (Fsp3) is 0.474. The zero-order valence-corrected chi connectivity index (χ0v) is 15.0. The van der Waals surface area contributed by atoms with Crippen molar-refractivity contribution in [2.75, 3.05) is 13.1 Å². The minimum absolute atomic E-state index is 0.631. The van der Waals surface area contributed by atoms with Crippen LogP contribution in [0.3, 0.4) is 0 Å². The molecule has 0 atom stereocenters. The first-order chi connectivity index (χ1) is 11.7. The minimum atomic E-state index is 0.631. The minimum Gasteiger partial charge on any atom is -0.357 e. The largest absolute Gasteiger partial charge is 0.357 e. The molecular weight excluding hydrogens is 298 g/mol. The van der Waals surface area contributed by atoms with Crippen LogP contribution in [0.25, 0.3) is 0 Å². The topological polar surface area (TPSA) is 54.2 Å². The van der Waals surface area contributed by atoms with Crippen LogP contribution < -0.4 is 10.6 Å². The number of guanidine groups is 1. The maximum Gasteiger partial charge on any atom is 0.191 e. The van der Waals surface area contributed by atoms with Gasteiger partial charge in [0, 0.05) is 24.8 Å². The van der Waals surface area contributed by atoms with Crippen LogP contribution in [-0.4, -0.2) is 28.8 Å². The Hall–Kier alpha value is -2.30. The van der Waals surface area contributed by atoms with Gasteiger partial charge in [-0.2, -0.15) is 5.10 Å². The van der Waals surface area contributed by atoms with Crippen LogP contribution in [0.5, 0.6) is 0 Å². The van der Waals surface area contributed by atoms with Crippen molar-refractivity contribution in [3.63, 3.8) is 0 Å². The lowest BCUT2D eigenvalue weighted by Gasteiger charge is -2.12. The molecule has 2 aromatic rings. The summed E-state index contributed by atoms with van der Waals surface area (Å²) in [6, 6.07) is 10.4. The van der Waals surface area contributed by atoms with Gasteiger partial charge in [-0.25, -0.2) is 4.99 Å². The van der Waals surface area contributed by atoms with Crippen LogP contribution in [0.2, 0.25) is 0 Å². The number of nitrogens with one attached hydrogen (secondary N) is 2. The van der Waals surface area contributed by atoms with Crippen LogP contribution in [0.1, 0.15) is 38.3 Å². The molecule has 5 heteroatoms. The summed E-state index contributed by atoms with van der Waals surface area (Å²) in [4.78, 5) is 4.64. The van der Waals surface area contributed by atoms with Crippen molar-refractivity contribution in [1.29, 1.82) is 0 Å². The summed E-state index contributed by atoms with van der Waals surface area (Å²) >= 11 is 0. The highest BCUT2D eigenvalue weighted by atomic mass is 15.3. The SMILES string of the molecule is CCNC(=NCc1cnn(Cc2ccccc2)c1)NCCC(C)C. The van der Waals surface area contributed by atoms with Crippen molar-refractivity contribution in [2.24, 2.45) is 10.9 Å². The van der Waals surface area contributed by atoms with Gasteiger partial charge in [-0.05, 0) is 24.8 Å². The summed E-state index contributed by atoms with van der Waals surface area (Å²) in [5.41, 5.74) is 2.37. The van der Waals surface area contributed by atoms with Crippen LogP contribution >= 0.6 is 0 Å². The second-order valence-electron chi connectivity index (χ2n) is 6.34. The smallest absolute Gasteiger partial charge is 0.191 e. The molecule has 0 saturated heterocycles. The summed E-state index contributed by atoms with van der Waals surface area (Å²) in [7, 11) is 0. The fourth-order valence-electron chi connectivity index (χ4n) is 2.34. The summed E-state index contributed by atoms with van der Waals surface area (Å²) < 4.78 is 1.96. The lowest BCUT2D eigenvalue weighted by atomic mass is 10.1. The molecule has 0 radical (unpaired) electrons. The third-order valence-corrected chi connectivity index (χ3v) is 3.65. The van der Waals surface area contributed by atoms with Gasteiger partial charge in [0.2, 0.25) is 0 Å². The van der Waals surface area contributed by atoms with E-state index in [0.717, 1.165) is 37.6 Å². The molecule has 24 heavy (non-hydrogen) atoms. The Morgan fingerprint density at radius 3 is 2.67 bits per heavy atom. The van der Waals surface area contributed by atoms with Crippen molar-refractivity contribution in [3.05, 3.63) is 53.9 Å². The molecule has 0 fully saturated rings. The first kappa shape index (κ1) is 18.0. The van der Waals surface area contributed by atoms with Gasteiger partial charge < -0.3 is 10.6 Å². The molecule has 130 valence electrons. The Bertz CT molecular complexity index is 616. The predicted molar refractivity (Wildman–Crippen MR) is 100 cm³/mol. The quantitative estimate of drug-likeness (QED) is 0.579. The summed E-state index contributed by atoms with van der Waals surface area (Å²) in [6.45, 7) is 9.76. The molecule has 0 aliphatic heterocycles. The molecule has 1 aromatic carbocycles. The van der Waals surface area contributed by atoms with E-state index < -0.39 is 0 Å². The molecule has 2 rings (SSSR count). The van der Waals surface area contributed by atoms with E-state index in [9.17, 15) is 0 Å². The Balaban J connectivity index is 1.89. The Morgan fingerprint density at radius 1 is 1.17 bits per heavy atom. The lowest BCUT2D eigenvalue weighted by molar-refractivity contribution is 0.573. The summed E-state index contributed by atoms with van der Waals surface area (Å²) in [6.07, 6.45) is 5.09. The number of rotatable bonds is 8. The van der Waals surface area contributed by atoms with E-state index >= 15 is 0 Å². The molecule has 2 N–H and O–H groups in total. The third kappa shape index (κ3) is 6.44. The Labute approximate surface area is 145 Å².